The summed E-state index contributed by atoms with van der Waals surface area (Å²) in [6.45, 7) is 9.03. The molecule has 1 aromatic carbocycles. The molecule has 0 aromatic heterocycles. The molecule has 0 aliphatic rings. The smallest absolute Gasteiger partial charge is 0.153 e. The maximum Gasteiger partial charge on any atom is 0.153 e. The zero-order valence-electron chi connectivity index (χ0n) is 24.3. The van der Waals surface area contributed by atoms with Crippen molar-refractivity contribution < 1.29 is 14.6 Å². The van der Waals surface area contributed by atoms with Crippen LogP contribution in [0, 0.1) is 0 Å². The van der Waals surface area contributed by atoms with Gasteiger partial charge in [0, 0.05) is 5.56 Å². The lowest BCUT2D eigenvalue weighted by atomic mass is 9.85. The molecule has 1 rings (SSSR count). The highest BCUT2D eigenvalue weighted by Crippen LogP contribution is 2.36. The summed E-state index contributed by atoms with van der Waals surface area (Å²) in [5.74, 6) is 0.751. The van der Waals surface area contributed by atoms with Crippen LogP contribution in [0.4, 0.5) is 0 Å². The predicted octanol–water partition coefficient (Wildman–Crippen LogP) is 10.7. The van der Waals surface area contributed by atoms with E-state index in [1.165, 1.54) is 122 Å². The third-order valence-electron chi connectivity index (χ3n) is 7.31. The van der Waals surface area contributed by atoms with Crippen LogP contribution in [0.25, 0.3) is 0 Å². The Labute approximate surface area is 223 Å². The number of benzene rings is 1. The number of aromatic hydroxyl groups is 1. The average molecular weight is 503 g/mol. The van der Waals surface area contributed by atoms with Crippen molar-refractivity contribution in [2.75, 3.05) is 6.61 Å². The molecule has 3 heteroatoms. The standard InChI is InChI=1S/C33H58O3/c1-5-6-7-8-9-10-11-12-13-14-15-16-17-18-19-20-21-22-23-24-25-36-30-26-29(28-34)32(35)31(27-30)33(2,3)4/h26-28,35H,5-25H2,1-4H3. The summed E-state index contributed by atoms with van der Waals surface area (Å²) in [5, 5.41) is 10.3. The number of carbonyl (C=O) groups is 1. The Bertz CT molecular complexity index is 674. The van der Waals surface area contributed by atoms with Gasteiger partial charge in [-0.25, -0.2) is 0 Å². The lowest BCUT2D eigenvalue weighted by Gasteiger charge is -2.22. The van der Waals surface area contributed by atoms with Gasteiger partial charge in [0.2, 0.25) is 0 Å². The molecule has 0 fully saturated rings. The van der Waals surface area contributed by atoms with Crippen molar-refractivity contribution in [3.8, 4) is 11.5 Å². The largest absolute Gasteiger partial charge is 0.507 e. The number of carbonyl (C=O) groups excluding carboxylic acids is 1. The van der Waals surface area contributed by atoms with Crippen LogP contribution in [0.2, 0.25) is 0 Å². The Hall–Kier alpha value is -1.51. The highest BCUT2D eigenvalue weighted by molar-refractivity contribution is 5.81. The highest BCUT2D eigenvalue weighted by Gasteiger charge is 2.21. The minimum atomic E-state index is -0.242. The molecule has 0 aliphatic heterocycles. The van der Waals surface area contributed by atoms with Crippen molar-refractivity contribution >= 4 is 6.29 Å². The van der Waals surface area contributed by atoms with E-state index >= 15 is 0 Å². The number of phenols is 1. The third kappa shape index (κ3) is 15.6. The summed E-state index contributed by atoms with van der Waals surface area (Å²) in [4.78, 5) is 11.3. The predicted molar refractivity (Wildman–Crippen MR) is 156 cm³/mol. The van der Waals surface area contributed by atoms with Crippen LogP contribution in [0.5, 0.6) is 11.5 Å². The van der Waals surface area contributed by atoms with Crippen molar-refractivity contribution in [1.82, 2.24) is 0 Å². The van der Waals surface area contributed by atoms with Crippen LogP contribution in [0.1, 0.15) is 172 Å². The molecular formula is C33H58O3. The second-order valence-corrected chi connectivity index (χ2v) is 11.8. The van der Waals surface area contributed by atoms with Gasteiger partial charge in [-0.05, 0) is 24.0 Å². The highest BCUT2D eigenvalue weighted by atomic mass is 16.5. The second-order valence-electron chi connectivity index (χ2n) is 11.8. The summed E-state index contributed by atoms with van der Waals surface area (Å²) in [6, 6.07) is 3.52. The third-order valence-corrected chi connectivity index (χ3v) is 7.31. The summed E-state index contributed by atoms with van der Waals surface area (Å²) < 4.78 is 5.91. The Morgan fingerprint density at radius 3 is 1.42 bits per heavy atom. The van der Waals surface area contributed by atoms with Gasteiger partial charge in [-0.1, -0.05) is 150 Å². The van der Waals surface area contributed by atoms with E-state index in [-0.39, 0.29) is 11.2 Å². The van der Waals surface area contributed by atoms with Gasteiger partial charge < -0.3 is 9.84 Å². The Kier molecular flexibility index (Phi) is 18.6. The van der Waals surface area contributed by atoms with E-state index in [0.717, 1.165) is 12.0 Å². The fourth-order valence-electron chi connectivity index (χ4n) is 4.92. The van der Waals surface area contributed by atoms with Crippen LogP contribution in [-0.4, -0.2) is 18.0 Å². The molecule has 0 atom stereocenters. The number of phenolic OH excluding ortho intramolecular Hbond substituents is 1. The number of rotatable bonds is 23. The molecule has 0 unspecified atom stereocenters. The summed E-state index contributed by atoms with van der Waals surface area (Å²) in [7, 11) is 0. The van der Waals surface area contributed by atoms with E-state index in [9.17, 15) is 9.90 Å². The fourth-order valence-corrected chi connectivity index (χ4v) is 4.92. The van der Waals surface area contributed by atoms with Crippen LogP contribution in [-0.2, 0) is 5.41 Å². The van der Waals surface area contributed by atoms with Crippen LogP contribution >= 0.6 is 0 Å². The molecule has 208 valence electrons. The molecule has 0 radical (unpaired) electrons. The van der Waals surface area contributed by atoms with Gasteiger partial charge in [-0.2, -0.15) is 0 Å². The topological polar surface area (TPSA) is 46.5 Å². The summed E-state index contributed by atoms with van der Waals surface area (Å²) in [6.07, 6.45) is 28.3. The molecule has 0 aliphatic carbocycles. The number of aldehydes is 1. The number of hydrogen-bond acceptors (Lipinski definition) is 3. The van der Waals surface area contributed by atoms with E-state index < -0.39 is 0 Å². The number of hydrogen-bond donors (Lipinski definition) is 1. The summed E-state index contributed by atoms with van der Waals surface area (Å²) in [5.41, 5.74) is 0.820. The van der Waals surface area contributed by atoms with Gasteiger partial charge in [0.25, 0.3) is 0 Å². The number of unbranched alkanes of at least 4 members (excludes halogenated alkanes) is 19. The minimum absolute atomic E-state index is 0.0728. The second kappa shape index (κ2) is 20.5. The van der Waals surface area contributed by atoms with Crippen LogP contribution in [0.3, 0.4) is 0 Å². The van der Waals surface area contributed by atoms with Gasteiger partial charge in [-0.3, -0.25) is 4.79 Å². The molecule has 0 saturated carbocycles. The fraction of sp³-hybridized carbons (Fsp3) is 0.788. The van der Waals surface area contributed by atoms with E-state index in [1.807, 2.05) is 26.8 Å². The average Bonchev–Trinajstić information content (AvgIpc) is 2.85. The molecular weight excluding hydrogens is 444 g/mol. The molecule has 0 amide bonds. The SMILES string of the molecule is CCCCCCCCCCCCCCCCCCCCCCOc1cc(C=O)c(O)c(C(C)(C)C)c1. The Balaban J connectivity index is 1.92. The van der Waals surface area contributed by atoms with Crippen molar-refractivity contribution in [3.05, 3.63) is 23.3 Å². The van der Waals surface area contributed by atoms with E-state index in [2.05, 4.69) is 6.92 Å². The van der Waals surface area contributed by atoms with Gasteiger partial charge in [0.05, 0.1) is 12.2 Å². The molecule has 1 N–H and O–H groups in total. The van der Waals surface area contributed by atoms with Crippen LogP contribution < -0.4 is 4.74 Å². The normalized spacial score (nSPS) is 11.7. The minimum Gasteiger partial charge on any atom is -0.507 e. The maximum atomic E-state index is 11.3. The van der Waals surface area contributed by atoms with Crippen molar-refractivity contribution in [1.29, 1.82) is 0 Å². The van der Waals surface area contributed by atoms with E-state index in [0.29, 0.717) is 24.2 Å². The quantitative estimate of drug-likeness (QED) is 0.119. The van der Waals surface area contributed by atoms with Gasteiger partial charge in [0.15, 0.2) is 6.29 Å². The van der Waals surface area contributed by atoms with Crippen LogP contribution in [0.15, 0.2) is 12.1 Å². The number of ether oxygens (including phenoxy) is 1. The Morgan fingerprint density at radius 1 is 0.667 bits per heavy atom. The summed E-state index contributed by atoms with van der Waals surface area (Å²) >= 11 is 0. The molecule has 36 heavy (non-hydrogen) atoms. The van der Waals surface area contributed by atoms with Gasteiger partial charge >= 0.3 is 0 Å². The van der Waals surface area contributed by atoms with Crippen molar-refractivity contribution in [2.24, 2.45) is 0 Å². The van der Waals surface area contributed by atoms with Crippen molar-refractivity contribution in [3.63, 3.8) is 0 Å². The first-order valence-corrected chi connectivity index (χ1v) is 15.4. The van der Waals surface area contributed by atoms with Gasteiger partial charge in [-0.15, -0.1) is 0 Å². The zero-order valence-corrected chi connectivity index (χ0v) is 24.3. The first-order chi connectivity index (χ1) is 17.4. The molecule has 0 spiro atoms. The zero-order chi connectivity index (χ0) is 26.5. The lowest BCUT2D eigenvalue weighted by molar-refractivity contribution is 0.112. The molecule has 0 heterocycles. The molecule has 0 saturated heterocycles. The monoisotopic (exact) mass is 502 g/mol. The van der Waals surface area contributed by atoms with Crippen molar-refractivity contribution in [2.45, 2.75) is 162 Å². The molecule has 1 aromatic rings. The first-order valence-electron chi connectivity index (χ1n) is 15.4. The Morgan fingerprint density at radius 2 is 1.06 bits per heavy atom. The van der Waals surface area contributed by atoms with Gasteiger partial charge in [0.1, 0.15) is 11.5 Å². The molecule has 3 nitrogen and oxygen atoms in total. The maximum absolute atomic E-state index is 11.3. The van der Waals surface area contributed by atoms with E-state index in [1.54, 1.807) is 6.07 Å². The first kappa shape index (κ1) is 32.5. The molecule has 0 bridgehead atoms. The lowest BCUT2D eigenvalue weighted by Crippen LogP contribution is -2.13. The van der Waals surface area contributed by atoms with E-state index in [4.69, 9.17) is 4.74 Å².